The van der Waals surface area contributed by atoms with Crippen molar-refractivity contribution < 1.29 is 28.3 Å². The first-order chi connectivity index (χ1) is 12.2. The second kappa shape index (κ2) is 8.17. The lowest BCUT2D eigenvalue weighted by molar-refractivity contribution is -0.137. The van der Waals surface area contributed by atoms with E-state index in [4.69, 9.17) is 9.94 Å². The summed E-state index contributed by atoms with van der Waals surface area (Å²) in [6.07, 6.45) is -0.772. The number of aryl methyl sites for hydroxylation is 1. The van der Waals surface area contributed by atoms with Crippen LogP contribution in [0.5, 0.6) is 11.5 Å². The average Bonchev–Trinajstić information content (AvgIpc) is 2.60. The Morgan fingerprint density at radius 2 is 1.62 bits per heavy atom. The van der Waals surface area contributed by atoms with Crippen LogP contribution < -0.4 is 14.5 Å². The normalized spacial score (nSPS) is 12.3. The molecule has 0 spiro atoms. The first-order valence-electron chi connectivity index (χ1n) is 7.65. The number of hydroxylamine groups is 1. The van der Waals surface area contributed by atoms with Gasteiger partial charge in [0.2, 0.25) is 10.0 Å². The summed E-state index contributed by atoms with van der Waals surface area (Å²) in [4.78, 5) is 11.2. The van der Waals surface area contributed by atoms with Crippen molar-refractivity contribution in [2.45, 2.75) is 13.0 Å². The van der Waals surface area contributed by atoms with Gasteiger partial charge in [-0.3, -0.25) is 14.3 Å². The average molecular weight is 380 g/mol. The van der Waals surface area contributed by atoms with E-state index >= 15 is 0 Å². The fraction of sp³-hybridized carbons (Fsp3) is 0.235. The highest BCUT2D eigenvalue weighted by atomic mass is 32.2. The van der Waals surface area contributed by atoms with Gasteiger partial charge in [0.1, 0.15) is 11.5 Å². The lowest BCUT2D eigenvalue weighted by Gasteiger charge is -2.24. The van der Waals surface area contributed by atoms with Gasteiger partial charge in [-0.05, 0) is 43.3 Å². The molecule has 0 aliphatic rings. The Hall–Kier alpha value is -2.62. The van der Waals surface area contributed by atoms with Crippen molar-refractivity contribution in [2.75, 3.05) is 17.1 Å². The molecule has 26 heavy (non-hydrogen) atoms. The lowest BCUT2D eigenvalue weighted by atomic mass is 10.2. The van der Waals surface area contributed by atoms with Gasteiger partial charge in [0.15, 0.2) is 6.10 Å². The number of aliphatic hydroxyl groups excluding tert-OH is 1. The number of anilines is 1. The van der Waals surface area contributed by atoms with E-state index in [2.05, 4.69) is 0 Å². The smallest absolute Gasteiger partial charge is 0.274 e. The Balaban J connectivity index is 2.19. The van der Waals surface area contributed by atoms with Crippen molar-refractivity contribution in [3.8, 4) is 11.5 Å². The van der Waals surface area contributed by atoms with Crippen LogP contribution in [0.15, 0.2) is 48.5 Å². The van der Waals surface area contributed by atoms with E-state index in [9.17, 15) is 18.3 Å². The predicted octanol–water partition coefficient (Wildman–Crippen LogP) is 1.42. The van der Waals surface area contributed by atoms with Gasteiger partial charge >= 0.3 is 0 Å². The first kappa shape index (κ1) is 19.7. The summed E-state index contributed by atoms with van der Waals surface area (Å²) >= 11 is 0. The van der Waals surface area contributed by atoms with Crippen LogP contribution in [0, 0.1) is 6.92 Å². The number of nitrogens with one attached hydrogen (secondary N) is 1. The summed E-state index contributed by atoms with van der Waals surface area (Å²) in [6.45, 7) is 1.42. The maximum absolute atomic E-state index is 12.0. The van der Waals surface area contributed by atoms with Gasteiger partial charge in [0.25, 0.3) is 5.91 Å². The minimum Gasteiger partial charge on any atom is -0.457 e. The molecule has 140 valence electrons. The number of amides is 1. The Kier molecular flexibility index (Phi) is 6.19. The molecule has 0 saturated heterocycles. The molecule has 0 aliphatic heterocycles. The van der Waals surface area contributed by atoms with Gasteiger partial charge in [-0.1, -0.05) is 17.7 Å². The standard InChI is InChI=1S/C17H20N2O6S/c1-12-3-7-14(8-4-12)25-15-9-5-13(6-10-15)19(26(2,23)24)11-16(20)17(21)18-22/h3-10,16,20,22H,11H2,1-2H3,(H,18,21)/t16-/m1/s1. The molecule has 0 saturated carbocycles. The molecule has 0 heterocycles. The fourth-order valence-electron chi connectivity index (χ4n) is 2.17. The number of rotatable bonds is 7. The Bertz CT molecular complexity index is 850. The van der Waals surface area contributed by atoms with Crippen molar-refractivity contribution in [1.29, 1.82) is 0 Å². The highest BCUT2D eigenvalue weighted by Gasteiger charge is 2.25. The highest BCUT2D eigenvalue weighted by Crippen LogP contribution is 2.26. The fourth-order valence-corrected chi connectivity index (χ4v) is 3.09. The summed E-state index contributed by atoms with van der Waals surface area (Å²) in [5, 5.41) is 18.2. The largest absolute Gasteiger partial charge is 0.457 e. The number of benzene rings is 2. The molecular weight excluding hydrogens is 360 g/mol. The van der Waals surface area contributed by atoms with Crippen LogP contribution in [0.25, 0.3) is 0 Å². The van der Waals surface area contributed by atoms with Gasteiger partial charge in [-0.15, -0.1) is 0 Å². The zero-order valence-corrected chi connectivity index (χ0v) is 15.1. The third-order valence-corrected chi connectivity index (χ3v) is 4.69. The molecule has 2 aromatic rings. The molecule has 0 aliphatic carbocycles. The van der Waals surface area contributed by atoms with Crippen LogP contribution >= 0.6 is 0 Å². The molecule has 1 atom stereocenters. The number of hydrogen-bond acceptors (Lipinski definition) is 6. The van der Waals surface area contributed by atoms with Crippen molar-refractivity contribution in [2.24, 2.45) is 0 Å². The molecule has 0 aromatic heterocycles. The number of carbonyl (C=O) groups excluding carboxylic acids is 1. The zero-order valence-electron chi connectivity index (χ0n) is 14.3. The lowest BCUT2D eigenvalue weighted by Crippen LogP contribution is -2.44. The molecule has 2 rings (SSSR count). The van der Waals surface area contributed by atoms with E-state index in [-0.39, 0.29) is 5.69 Å². The number of carbonyl (C=O) groups is 1. The van der Waals surface area contributed by atoms with Gasteiger partial charge in [-0.2, -0.15) is 0 Å². The maximum Gasteiger partial charge on any atom is 0.274 e. The Morgan fingerprint density at radius 1 is 1.12 bits per heavy atom. The topological polar surface area (TPSA) is 116 Å². The van der Waals surface area contributed by atoms with E-state index in [0.717, 1.165) is 16.1 Å². The third kappa shape index (κ3) is 5.19. The van der Waals surface area contributed by atoms with Crippen molar-refractivity contribution in [1.82, 2.24) is 5.48 Å². The van der Waals surface area contributed by atoms with E-state index in [0.29, 0.717) is 11.5 Å². The number of aliphatic hydroxyl groups is 1. The van der Waals surface area contributed by atoms with Crippen LogP contribution in [0.2, 0.25) is 0 Å². The second-order valence-electron chi connectivity index (χ2n) is 5.69. The molecule has 3 N–H and O–H groups in total. The van der Waals surface area contributed by atoms with Crippen LogP contribution in [0.4, 0.5) is 5.69 Å². The van der Waals surface area contributed by atoms with Gasteiger partial charge in [-0.25, -0.2) is 13.9 Å². The molecule has 0 unspecified atom stereocenters. The van der Waals surface area contributed by atoms with Crippen molar-refractivity contribution in [3.63, 3.8) is 0 Å². The van der Waals surface area contributed by atoms with Crippen LogP contribution in [0.3, 0.4) is 0 Å². The molecular formula is C17H20N2O6S. The maximum atomic E-state index is 12.0. The summed E-state index contributed by atoms with van der Waals surface area (Å²) < 4.78 is 30.5. The Labute approximate surface area is 151 Å². The number of ether oxygens (including phenoxy) is 1. The molecule has 2 aromatic carbocycles. The molecule has 0 radical (unpaired) electrons. The monoisotopic (exact) mass is 380 g/mol. The highest BCUT2D eigenvalue weighted by molar-refractivity contribution is 7.92. The molecule has 8 nitrogen and oxygen atoms in total. The number of sulfonamides is 1. The number of nitrogens with zero attached hydrogens (tertiary/aromatic N) is 1. The summed E-state index contributed by atoms with van der Waals surface area (Å²) in [5.74, 6) is 0.0380. The summed E-state index contributed by atoms with van der Waals surface area (Å²) in [7, 11) is -3.76. The van der Waals surface area contributed by atoms with Gasteiger partial charge < -0.3 is 9.84 Å². The van der Waals surface area contributed by atoms with Crippen LogP contribution in [-0.4, -0.2) is 43.5 Å². The zero-order chi connectivity index (χ0) is 19.3. The van der Waals surface area contributed by atoms with E-state index in [1.54, 1.807) is 12.1 Å². The SMILES string of the molecule is Cc1ccc(Oc2ccc(N(C[C@@H](O)C(=O)NO)S(C)(=O)=O)cc2)cc1. The van der Waals surface area contributed by atoms with Crippen LogP contribution in [0.1, 0.15) is 5.56 Å². The van der Waals surface area contributed by atoms with Crippen molar-refractivity contribution in [3.05, 3.63) is 54.1 Å². The number of hydrogen-bond donors (Lipinski definition) is 3. The minimum absolute atomic E-state index is 0.244. The van der Waals surface area contributed by atoms with Crippen LogP contribution in [-0.2, 0) is 14.8 Å². The van der Waals surface area contributed by atoms with Gasteiger partial charge in [0, 0.05) is 0 Å². The first-order valence-corrected chi connectivity index (χ1v) is 9.50. The third-order valence-electron chi connectivity index (χ3n) is 3.53. The van der Waals surface area contributed by atoms with E-state index in [1.165, 1.54) is 17.6 Å². The van der Waals surface area contributed by atoms with E-state index < -0.39 is 28.6 Å². The quantitative estimate of drug-likeness (QED) is 0.494. The molecule has 1 amide bonds. The molecule has 0 bridgehead atoms. The Morgan fingerprint density at radius 3 is 2.08 bits per heavy atom. The van der Waals surface area contributed by atoms with Gasteiger partial charge in [0.05, 0.1) is 18.5 Å². The molecule has 9 heteroatoms. The summed E-state index contributed by atoms with van der Waals surface area (Å²) in [5.41, 5.74) is 2.63. The van der Waals surface area contributed by atoms with E-state index in [1.807, 2.05) is 31.2 Å². The minimum atomic E-state index is -3.76. The predicted molar refractivity (Wildman–Crippen MR) is 95.8 cm³/mol. The van der Waals surface area contributed by atoms with Crippen molar-refractivity contribution >= 4 is 21.6 Å². The summed E-state index contributed by atoms with van der Waals surface area (Å²) in [6, 6.07) is 13.6. The second-order valence-corrected chi connectivity index (χ2v) is 7.60. The molecule has 0 fully saturated rings.